The standard InChI is InChI=1S/C14H18N4/c1-10-3-5-12(6-4-10)7-8-13-16-11(2)17-14(9-15)18-13/h3-6H,7-9,15H2,1-2H3. The van der Waals surface area contributed by atoms with Gasteiger partial charge in [-0.25, -0.2) is 15.0 Å². The van der Waals surface area contributed by atoms with Crippen molar-refractivity contribution in [3.63, 3.8) is 0 Å². The molecule has 0 bridgehead atoms. The fourth-order valence-electron chi connectivity index (χ4n) is 1.81. The lowest BCUT2D eigenvalue weighted by Crippen LogP contribution is -2.10. The van der Waals surface area contributed by atoms with E-state index in [1.807, 2.05) is 6.92 Å². The number of nitrogens with zero attached hydrogens (tertiary/aromatic N) is 3. The molecule has 0 saturated carbocycles. The van der Waals surface area contributed by atoms with Gasteiger partial charge >= 0.3 is 0 Å². The maximum absolute atomic E-state index is 5.56. The minimum Gasteiger partial charge on any atom is -0.324 e. The van der Waals surface area contributed by atoms with Crippen molar-refractivity contribution in [2.75, 3.05) is 0 Å². The first kappa shape index (κ1) is 12.6. The predicted molar refractivity (Wildman–Crippen MR) is 71.0 cm³/mol. The van der Waals surface area contributed by atoms with Gasteiger partial charge < -0.3 is 5.73 Å². The van der Waals surface area contributed by atoms with Crippen LogP contribution in [0.4, 0.5) is 0 Å². The first-order valence-corrected chi connectivity index (χ1v) is 6.13. The lowest BCUT2D eigenvalue weighted by molar-refractivity contribution is 0.763. The van der Waals surface area contributed by atoms with Gasteiger partial charge in [-0.2, -0.15) is 0 Å². The van der Waals surface area contributed by atoms with Crippen LogP contribution in [0.2, 0.25) is 0 Å². The highest BCUT2D eigenvalue weighted by Crippen LogP contribution is 2.06. The van der Waals surface area contributed by atoms with E-state index in [0.717, 1.165) is 24.5 Å². The van der Waals surface area contributed by atoms with Crippen LogP contribution in [-0.2, 0) is 19.4 Å². The maximum atomic E-state index is 5.56. The second-order valence-corrected chi connectivity index (χ2v) is 4.40. The average molecular weight is 242 g/mol. The number of aryl methyl sites for hydroxylation is 4. The molecule has 2 rings (SSSR count). The molecule has 0 radical (unpaired) electrons. The molecule has 18 heavy (non-hydrogen) atoms. The van der Waals surface area contributed by atoms with Crippen LogP contribution < -0.4 is 5.73 Å². The van der Waals surface area contributed by atoms with Crippen molar-refractivity contribution in [2.45, 2.75) is 33.2 Å². The zero-order valence-electron chi connectivity index (χ0n) is 10.8. The van der Waals surface area contributed by atoms with E-state index in [9.17, 15) is 0 Å². The zero-order valence-corrected chi connectivity index (χ0v) is 10.8. The van der Waals surface area contributed by atoms with E-state index in [1.165, 1.54) is 11.1 Å². The quantitative estimate of drug-likeness (QED) is 0.886. The number of aromatic nitrogens is 3. The summed E-state index contributed by atoms with van der Waals surface area (Å²) < 4.78 is 0. The lowest BCUT2D eigenvalue weighted by Gasteiger charge is -2.04. The number of hydrogen-bond donors (Lipinski definition) is 1. The van der Waals surface area contributed by atoms with Crippen LogP contribution in [0.25, 0.3) is 0 Å². The molecular weight excluding hydrogens is 224 g/mol. The highest BCUT2D eigenvalue weighted by Gasteiger charge is 2.03. The van der Waals surface area contributed by atoms with Gasteiger partial charge in [-0.15, -0.1) is 0 Å². The highest BCUT2D eigenvalue weighted by molar-refractivity contribution is 5.21. The van der Waals surface area contributed by atoms with Crippen molar-refractivity contribution >= 4 is 0 Å². The van der Waals surface area contributed by atoms with E-state index in [0.29, 0.717) is 12.4 Å². The third-order valence-electron chi connectivity index (χ3n) is 2.78. The molecule has 0 aliphatic heterocycles. The Hall–Kier alpha value is -1.81. The van der Waals surface area contributed by atoms with E-state index >= 15 is 0 Å². The molecule has 0 spiro atoms. The Bertz CT molecular complexity index is 520. The van der Waals surface area contributed by atoms with Gasteiger partial charge in [-0.1, -0.05) is 29.8 Å². The van der Waals surface area contributed by atoms with Crippen LogP contribution in [-0.4, -0.2) is 15.0 Å². The summed E-state index contributed by atoms with van der Waals surface area (Å²) in [5.74, 6) is 2.23. The van der Waals surface area contributed by atoms with Crippen LogP contribution in [0.3, 0.4) is 0 Å². The van der Waals surface area contributed by atoms with Gasteiger partial charge in [0, 0.05) is 6.42 Å². The molecule has 1 aromatic carbocycles. The first-order valence-electron chi connectivity index (χ1n) is 6.13. The summed E-state index contributed by atoms with van der Waals surface area (Å²) in [7, 11) is 0. The van der Waals surface area contributed by atoms with Gasteiger partial charge in [-0.05, 0) is 25.8 Å². The minimum atomic E-state index is 0.362. The van der Waals surface area contributed by atoms with Crippen molar-refractivity contribution in [1.29, 1.82) is 0 Å². The number of hydrogen-bond acceptors (Lipinski definition) is 4. The smallest absolute Gasteiger partial charge is 0.146 e. The molecule has 2 aromatic rings. The molecular formula is C14H18N4. The summed E-state index contributed by atoms with van der Waals surface area (Å²) in [6, 6.07) is 8.54. The molecule has 0 aliphatic rings. The molecule has 94 valence electrons. The molecule has 0 amide bonds. The van der Waals surface area contributed by atoms with E-state index in [4.69, 9.17) is 5.73 Å². The van der Waals surface area contributed by atoms with Gasteiger partial charge in [-0.3, -0.25) is 0 Å². The summed E-state index contributed by atoms with van der Waals surface area (Å²) in [6.45, 7) is 4.32. The fraction of sp³-hybridized carbons (Fsp3) is 0.357. The number of benzene rings is 1. The minimum absolute atomic E-state index is 0.362. The van der Waals surface area contributed by atoms with Crippen LogP contribution in [0, 0.1) is 13.8 Å². The molecule has 2 N–H and O–H groups in total. The summed E-state index contributed by atoms with van der Waals surface area (Å²) in [5, 5.41) is 0. The second kappa shape index (κ2) is 5.69. The van der Waals surface area contributed by atoms with Crippen molar-refractivity contribution in [1.82, 2.24) is 15.0 Å². The van der Waals surface area contributed by atoms with Crippen molar-refractivity contribution in [2.24, 2.45) is 5.73 Å². The summed E-state index contributed by atoms with van der Waals surface area (Å²) in [4.78, 5) is 12.8. The molecule has 1 aromatic heterocycles. The van der Waals surface area contributed by atoms with Crippen LogP contribution in [0.5, 0.6) is 0 Å². The summed E-state index contributed by atoms with van der Waals surface area (Å²) >= 11 is 0. The van der Waals surface area contributed by atoms with Crippen molar-refractivity contribution < 1.29 is 0 Å². The highest BCUT2D eigenvalue weighted by atomic mass is 15.0. The third-order valence-corrected chi connectivity index (χ3v) is 2.78. The van der Waals surface area contributed by atoms with E-state index in [-0.39, 0.29) is 0 Å². The molecule has 0 aliphatic carbocycles. The molecule has 0 unspecified atom stereocenters. The fourth-order valence-corrected chi connectivity index (χ4v) is 1.81. The normalized spacial score (nSPS) is 10.6. The van der Waals surface area contributed by atoms with Crippen LogP contribution in [0.15, 0.2) is 24.3 Å². The van der Waals surface area contributed by atoms with Crippen molar-refractivity contribution in [3.05, 3.63) is 52.9 Å². The topological polar surface area (TPSA) is 64.7 Å². The Morgan fingerprint density at radius 2 is 1.56 bits per heavy atom. The Morgan fingerprint density at radius 3 is 2.22 bits per heavy atom. The lowest BCUT2D eigenvalue weighted by atomic mass is 10.1. The van der Waals surface area contributed by atoms with Crippen LogP contribution >= 0.6 is 0 Å². The molecule has 0 atom stereocenters. The van der Waals surface area contributed by atoms with Gasteiger partial charge in [0.05, 0.1) is 6.54 Å². The van der Waals surface area contributed by atoms with Crippen LogP contribution in [0.1, 0.15) is 28.6 Å². The molecule has 0 saturated heterocycles. The van der Waals surface area contributed by atoms with E-state index in [2.05, 4.69) is 46.1 Å². The zero-order chi connectivity index (χ0) is 13.0. The Balaban J connectivity index is 2.05. The van der Waals surface area contributed by atoms with Crippen molar-refractivity contribution in [3.8, 4) is 0 Å². The second-order valence-electron chi connectivity index (χ2n) is 4.40. The molecule has 4 heteroatoms. The SMILES string of the molecule is Cc1ccc(CCc2nc(C)nc(CN)n2)cc1. The Morgan fingerprint density at radius 1 is 0.889 bits per heavy atom. The monoisotopic (exact) mass is 242 g/mol. The predicted octanol–water partition coefficient (Wildman–Crippen LogP) is 1.73. The first-order chi connectivity index (χ1) is 8.67. The summed E-state index contributed by atoms with van der Waals surface area (Å²) in [6.07, 6.45) is 1.76. The number of rotatable bonds is 4. The molecule has 0 fully saturated rings. The van der Waals surface area contributed by atoms with Gasteiger partial charge in [0.15, 0.2) is 0 Å². The Kier molecular flexibility index (Phi) is 3.99. The molecule has 4 nitrogen and oxygen atoms in total. The van der Waals surface area contributed by atoms with E-state index < -0.39 is 0 Å². The van der Waals surface area contributed by atoms with Gasteiger partial charge in [0.1, 0.15) is 17.5 Å². The maximum Gasteiger partial charge on any atom is 0.146 e. The largest absolute Gasteiger partial charge is 0.324 e. The number of nitrogens with two attached hydrogens (primary N) is 1. The summed E-state index contributed by atoms with van der Waals surface area (Å²) in [5.41, 5.74) is 8.14. The average Bonchev–Trinajstić information content (AvgIpc) is 2.37. The van der Waals surface area contributed by atoms with Gasteiger partial charge in [0.25, 0.3) is 0 Å². The molecule has 1 heterocycles. The Labute approximate surface area is 107 Å². The van der Waals surface area contributed by atoms with Gasteiger partial charge in [0.2, 0.25) is 0 Å². The third kappa shape index (κ3) is 3.34. The van der Waals surface area contributed by atoms with E-state index in [1.54, 1.807) is 0 Å².